The van der Waals surface area contributed by atoms with Crippen LogP contribution >= 0.6 is 0 Å². The van der Waals surface area contributed by atoms with Gasteiger partial charge in [-0.2, -0.15) is 0 Å². The molecule has 1 aromatic heterocycles. The van der Waals surface area contributed by atoms with Gasteiger partial charge in [-0.3, -0.25) is 9.59 Å². The fraction of sp³-hybridized carbons (Fsp3) is 0.100. The Morgan fingerprint density at radius 3 is 2.22 bits per heavy atom. The van der Waals surface area contributed by atoms with Crippen molar-refractivity contribution >= 4 is 34.7 Å². The molecule has 2 N–H and O–H groups in total. The van der Waals surface area contributed by atoms with E-state index < -0.39 is 0 Å². The quantitative estimate of drug-likeness (QED) is 0.727. The zero-order valence-corrected chi connectivity index (χ0v) is 15.0. The zero-order valence-electron chi connectivity index (χ0n) is 15.0. The first-order chi connectivity index (χ1) is 13.0. The van der Waals surface area contributed by atoms with Crippen LogP contribution in [0.3, 0.4) is 0 Å². The lowest BCUT2D eigenvalue weighted by atomic mass is 10.2. The zero-order chi connectivity index (χ0) is 19.2. The van der Waals surface area contributed by atoms with Crippen LogP contribution in [0.1, 0.15) is 17.4 Å². The van der Waals surface area contributed by atoms with Crippen LogP contribution in [0.4, 0.5) is 22.9 Å². The number of nitrogens with one attached hydrogen (secondary N) is 2. The van der Waals surface area contributed by atoms with Crippen molar-refractivity contribution in [2.24, 2.45) is 0 Å². The van der Waals surface area contributed by atoms with Crippen molar-refractivity contribution in [1.82, 2.24) is 9.97 Å². The Kier molecular flexibility index (Phi) is 5.41. The highest BCUT2D eigenvalue weighted by Gasteiger charge is 2.11. The predicted molar refractivity (Wildman–Crippen MR) is 105 cm³/mol. The van der Waals surface area contributed by atoms with Crippen LogP contribution in [0.5, 0.6) is 0 Å². The van der Waals surface area contributed by atoms with Crippen LogP contribution in [-0.2, 0) is 4.79 Å². The van der Waals surface area contributed by atoms with Crippen molar-refractivity contribution in [3.05, 3.63) is 72.7 Å². The number of hydrogen-bond donors (Lipinski definition) is 2. The molecule has 0 bridgehead atoms. The molecule has 7 nitrogen and oxygen atoms in total. The molecule has 0 radical (unpaired) electrons. The van der Waals surface area contributed by atoms with Crippen molar-refractivity contribution in [2.75, 3.05) is 22.6 Å². The number of benzene rings is 2. The van der Waals surface area contributed by atoms with Gasteiger partial charge in [0.1, 0.15) is 5.69 Å². The summed E-state index contributed by atoms with van der Waals surface area (Å²) in [6.45, 7) is 1.43. The smallest absolute Gasteiger partial charge is 0.275 e. The van der Waals surface area contributed by atoms with Gasteiger partial charge in [-0.1, -0.05) is 24.3 Å². The number of carbonyl (C=O) groups excluding carboxylic acids is 2. The summed E-state index contributed by atoms with van der Waals surface area (Å²) in [5.41, 5.74) is 2.33. The van der Waals surface area contributed by atoms with Crippen molar-refractivity contribution in [1.29, 1.82) is 0 Å². The van der Waals surface area contributed by atoms with Crippen molar-refractivity contribution < 1.29 is 9.59 Å². The lowest BCUT2D eigenvalue weighted by molar-refractivity contribution is -0.114. The first-order valence-corrected chi connectivity index (χ1v) is 8.33. The van der Waals surface area contributed by atoms with Gasteiger partial charge in [-0.05, 0) is 30.3 Å². The summed E-state index contributed by atoms with van der Waals surface area (Å²) in [4.78, 5) is 33.9. The number of anilines is 4. The second-order valence-electron chi connectivity index (χ2n) is 5.87. The molecule has 0 aliphatic rings. The maximum atomic E-state index is 12.4. The predicted octanol–water partition coefficient (Wildman–Crippen LogP) is 3.46. The van der Waals surface area contributed by atoms with Gasteiger partial charge >= 0.3 is 0 Å². The first kappa shape index (κ1) is 18.1. The molecule has 2 amide bonds. The summed E-state index contributed by atoms with van der Waals surface area (Å²) in [5, 5.41) is 5.42. The number of carbonyl (C=O) groups is 2. The van der Waals surface area contributed by atoms with E-state index in [4.69, 9.17) is 0 Å². The van der Waals surface area contributed by atoms with Gasteiger partial charge in [0.15, 0.2) is 5.82 Å². The molecule has 0 aliphatic heterocycles. The Morgan fingerprint density at radius 2 is 1.59 bits per heavy atom. The summed E-state index contributed by atoms with van der Waals surface area (Å²) < 4.78 is 0. The van der Waals surface area contributed by atoms with Crippen molar-refractivity contribution in [2.45, 2.75) is 6.92 Å². The first-order valence-electron chi connectivity index (χ1n) is 8.33. The summed E-state index contributed by atoms with van der Waals surface area (Å²) in [6.07, 6.45) is 2.98. The third kappa shape index (κ3) is 4.66. The van der Waals surface area contributed by atoms with Crippen LogP contribution in [0.2, 0.25) is 0 Å². The lowest BCUT2D eigenvalue weighted by Crippen LogP contribution is -2.16. The second kappa shape index (κ2) is 8.09. The van der Waals surface area contributed by atoms with E-state index in [0.717, 1.165) is 5.69 Å². The molecule has 0 fully saturated rings. The largest absolute Gasteiger partial charge is 0.328 e. The number of aromatic nitrogens is 2. The molecule has 0 aliphatic carbocycles. The minimum Gasteiger partial charge on any atom is -0.328 e. The molecule has 3 rings (SSSR count). The summed E-state index contributed by atoms with van der Waals surface area (Å²) in [7, 11) is 1.88. The number of hydrogen-bond acceptors (Lipinski definition) is 5. The third-order valence-electron chi connectivity index (χ3n) is 3.80. The molecule has 7 heteroatoms. The van der Waals surface area contributed by atoms with E-state index in [1.54, 1.807) is 30.5 Å². The van der Waals surface area contributed by atoms with E-state index in [1.165, 1.54) is 13.1 Å². The minimum absolute atomic E-state index is 0.178. The maximum absolute atomic E-state index is 12.4. The Balaban J connectivity index is 1.70. The van der Waals surface area contributed by atoms with Crippen LogP contribution in [-0.4, -0.2) is 28.8 Å². The molecule has 0 unspecified atom stereocenters. The molecular formula is C20H19N5O2. The molecular weight excluding hydrogens is 342 g/mol. The van der Waals surface area contributed by atoms with E-state index >= 15 is 0 Å². The van der Waals surface area contributed by atoms with Crippen LogP contribution < -0.4 is 15.5 Å². The number of amides is 2. The molecule has 3 aromatic rings. The van der Waals surface area contributed by atoms with Gasteiger partial charge in [0.25, 0.3) is 5.91 Å². The summed E-state index contributed by atoms with van der Waals surface area (Å²) in [6, 6.07) is 16.6. The molecule has 136 valence electrons. The van der Waals surface area contributed by atoms with Gasteiger partial charge in [-0.25, -0.2) is 9.97 Å². The summed E-state index contributed by atoms with van der Waals surface area (Å²) in [5.74, 6) is 0.0734. The highest BCUT2D eigenvalue weighted by atomic mass is 16.2. The Bertz CT molecular complexity index is 942. The molecule has 0 saturated carbocycles. The Labute approximate surface area is 157 Å². The molecule has 2 aromatic carbocycles. The van der Waals surface area contributed by atoms with E-state index in [9.17, 15) is 9.59 Å². The molecule has 1 heterocycles. The standard InChI is InChI=1S/C20H19N5O2/c1-14(26)23-15-7-6-8-16(11-15)24-20(27)18-12-22-19(13-21-18)25(2)17-9-4-3-5-10-17/h3-13H,1-2H3,(H,23,26)(H,24,27). The number of para-hydroxylation sites is 1. The van der Waals surface area contributed by atoms with E-state index in [0.29, 0.717) is 17.2 Å². The van der Waals surface area contributed by atoms with Crippen molar-refractivity contribution in [3.8, 4) is 0 Å². The highest BCUT2D eigenvalue weighted by Crippen LogP contribution is 2.20. The third-order valence-corrected chi connectivity index (χ3v) is 3.80. The Morgan fingerprint density at radius 1 is 0.889 bits per heavy atom. The highest BCUT2D eigenvalue weighted by molar-refractivity contribution is 6.03. The lowest BCUT2D eigenvalue weighted by Gasteiger charge is -2.17. The number of nitrogens with zero attached hydrogens (tertiary/aromatic N) is 3. The van der Waals surface area contributed by atoms with Gasteiger partial charge < -0.3 is 15.5 Å². The van der Waals surface area contributed by atoms with Gasteiger partial charge in [0.05, 0.1) is 12.4 Å². The fourth-order valence-corrected chi connectivity index (χ4v) is 2.47. The maximum Gasteiger partial charge on any atom is 0.275 e. The SMILES string of the molecule is CC(=O)Nc1cccc(NC(=O)c2cnc(N(C)c3ccccc3)cn2)c1. The van der Waals surface area contributed by atoms with E-state index in [1.807, 2.05) is 42.3 Å². The van der Waals surface area contributed by atoms with Gasteiger partial charge in [0.2, 0.25) is 5.91 Å². The average Bonchev–Trinajstić information content (AvgIpc) is 2.68. The van der Waals surface area contributed by atoms with Crippen molar-refractivity contribution in [3.63, 3.8) is 0 Å². The molecule has 0 atom stereocenters. The molecule has 0 spiro atoms. The summed E-state index contributed by atoms with van der Waals surface area (Å²) >= 11 is 0. The normalized spacial score (nSPS) is 10.1. The van der Waals surface area contributed by atoms with Gasteiger partial charge in [0, 0.05) is 31.0 Å². The van der Waals surface area contributed by atoms with Crippen LogP contribution in [0.15, 0.2) is 67.0 Å². The Hall–Kier alpha value is -3.74. The van der Waals surface area contributed by atoms with E-state index in [2.05, 4.69) is 20.6 Å². The van der Waals surface area contributed by atoms with Gasteiger partial charge in [-0.15, -0.1) is 0 Å². The molecule has 27 heavy (non-hydrogen) atoms. The topological polar surface area (TPSA) is 87.2 Å². The van der Waals surface area contributed by atoms with Crippen LogP contribution in [0.25, 0.3) is 0 Å². The molecule has 0 saturated heterocycles. The van der Waals surface area contributed by atoms with E-state index in [-0.39, 0.29) is 17.5 Å². The number of rotatable bonds is 5. The average molecular weight is 361 g/mol. The fourth-order valence-electron chi connectivity index (χ4n) is 2.47. The minimum atomic E-state index is -0.378. The monoisotopic (exact) mass is 361 g/mol. The van der Waals surface area contributed by atoms with Crippen LogP contribution in [0, 0.1) is 0 Å². The second-order valence-corrected chi connectivity index (χ2v) is 5.87.